The number of nitrogens with zero attached hydrogens (tertiary/aromatic N) is 4. The Hall–Kier alpha value is -3.20. The van der Waals surface area contributed by atoms with Crippen LogP contribution < -0.4 is 10.2 Å². The quantitative estimate of drug-likeness (QED) is 0.620. The number of pyridine rings is 1. The number of amides is 2. The van der Waals surface area contributed by atoms with Gasteiger partial charge in [0.25, 0.3) is 5.91 Å². The van der Waals surface area contributed by atoms with E-state index in [9.17, 15) is 14.0 Å². The van der Waals surface area contributed by atoms with Crippen molar-refractivity contribution in [1.82, 2.24) is 19.9 Å². The Morgan fingerprint density at radius 1 is 1.20 bits per heavy atom. The van der Waals surface area contributed by atoms with Crippen molar-refractivity contribution in [2.24, 2.45) is 0 Å². The van der Waals surface area contributed by atoms with Crippen molar-refractivity contribution in [2.45, 2.75) is 38.8 Å². The Kier molecular flexibility index (Phi) is 6.51. The monoisotopic (exact) mass is 427 g/mol. The summed E-state index contributed by atoms with van der Waals surface area (Å²) >= 11 is 1.03. The number of carbonyl (C=O) groups is 2. The molecule has 2 heterocycles. The summed E-state index contributed by atoms with van der Waals surface area (Å²) in [5.74, 6) is -1.38. The van der Waals surface area contributed by atoms with Gasteiger partial charge < -0.3 is 5.32 Å². The number of hydrogen-bond donors (Lipinski definition) is 1. The number of anilines is 1. The number of rotatable bonds is 7. The lowest BCUT2D eigenvalue weighted by atomic mass is 10.00. The molecule has 0 saturated carbocycles. The SMILES string of the molecule is CCC(C)(C)NC(=O)C(c1ccccn1)N(C(=O)c1csnn1)c1ccc(F)cc1. The van der Waals surface area contributed by atoms with Crippen LogP contribution in [0.4, 0.5) is 10.1 Å². The summed E-state index contributed by atoms with van der Waals surface area (Å²) in [6.07, 6.45) is 2.24. The first kappa shape index (κ1) is 21.5. The smallest absolute Gasteiger partial charge is 0.280 e. The van der Waals surface area contributed by atoms with Crippen LogP contribution in [0, 0.1) is 5.82 Å². The van der Waals surface area contributed by atoms with Gasteiger partial charge in [-0.3, -0.25) is 19.5 Å². The second-order valence-corrected chi connectivity index (χ2v) is 7.94. The number of benzene rings is 1. The van der Waals surface area contributed by atoms with Crippen molar-refractivity contribution in [2.75, 3.05) is 4.90 Å². The highest BCUT2D eigenvalue weighted by Gasteiger charge is 2.37. The van der Waals surface area contributed by atoms with E-state index in [-0.39, 0.29) is 5.69 Å². The third-order valence-corrected chi connectivity index (χ3v) is 5.23. The van der Waals surface area contributed by atoms with Gasteiger partial charge in [-0.2, -0.15) is 0 Å². The molecule has 1 N–H and O–H groups in total. The fraction of sp³-hybridized carbons (Fsp3) is 0.286. The fourth-order valence-electron chi connectivity index (χ4n) is 2.78. The van der Waals surface area contributed by atoms with Crippen LogP contribution in [0.3, 0.4) is 0 Å². The molecule has 0 bridgehead atoms. The predicted molar refractivity (Wildman–Crippen MR) is 113 cm³/mol. The van der Waals surface area contributed by atoms with Crippen LogP contribution in [0.2, 0.25) is 0 Å². The van der Waals surface area contributed by atoms with Crippen molar-refractivity contribution in [3.05, 3.63) is 71.2 Å². The van der Waals surface area contributed by atoms with Crippen molar-refractivity contribution < 1.29 is 14.0 Å². The second kappa shape index (κ2) is 9.08. The van der Waals surface area contributed by atoms with E-state index in [1.807, 2.05) is 20.8 Å². The lowest BCUT2D eigenvalue weighted by Crippen LogP contribution is -2.50. The number of nitrogens with one attached hydrogen (secondary N) is 1. The van der Waals surface area contributed by atoms with Gasteiger partial charge >= 0.3 is 0 Å². The highest BCUT2D eigenvalue weighted by Crippen LogP contribution is 2.29. The average Bonchev–Trinajstić information content (AvgIpc) is 3.27. The average molecular weight is 428 g/mol. The second-order valence-electron chi connectivity index (χ2n) is 7.33. The molecular formula is C21H22FN5O2S. The van der Waals surface area contributed by atoms with Gasteiger partial charge in [0.1, 0.15) is 5.82 Å². The summed E-state index contributed by atoms with van der Waals surface area (Å²) in [4.78, 5) is 32.4. The number of carbonyl (C=O) groups excluding carboxylic acids is 2. The van der Waals surface area contributed by atoms with E-state index in [2.05, 4.69) is 19.9 Å². The maximum absolute atomic E-state index is 13.6. The van der Waals surface area contributed by atoms with Crippen molar-refractivity contribution in [1.29, 1.82) is 0 Å². The van der Waals surface area contributed by atoms with Gasteiger partial charge in [-0.05, 0) is 68.2 Å². The van der Waals surface area contributed by atoms with Crippen LogP contribution in [0.15, 0.2) is 54.0 Å². The van der Waals surface area contributed by atoms with E-state index in [1.54, 1.807) is 24.4 Å². The number of hydrogen-bond acceptors (Lipinski definition) is 6. The lowest BCUT2D eigenvalue weighted by molar-refractivity contribution is -0.124. The van der Waals surface area contributed by atoms with Crippen molar-refractivity contribution in [3.8, 4) is 0 Å². The van der Waals surface area contributed by atoms with E-state index in [1.165, 1.54) is 34.5 Å². The van der Waals surface area contributed by atoms with E-state index in [0.717, 1.165) is 11.5 Å². The van der Waals surface area contributed by atoms with Gasteiger partial charge in [0, 0.05) is 22.8 Å². The maximum atomic E-state index is 13.6. The van der Waals surface area contributed by atoms with E-state index in [4.69, 9.17) is 0 Å². The highest BCUT2D eigenvalue weighted by molar-refractivity contribution is 7.03. The Labute approximate surface area is 178 Å². The van der Waals surface area contributed by atoms with Crippen LogP contribution in [0.25, 0.3) is 0 Å². The zero-order valence-corrected chi connectivity index (χ0v) is 17.7. The normalized spacial score (nSPS) is 12.3. The standard InChI is InChI=1S/C21H22FN5O2S/c1-4-21(2,3)24-19(28)18(16-7-5-6-12-23-16)27(15-10-8-14(22)9-11-15)20(29)17-13-30-26-25-17/h5-13,18H,4H2,1-3H3,(H,24,28). The molecule has 30 heavy (non-hydrogen) atoms. The summed E-state index contributed by atoms with van der Waals surface area (Å²) in [6.45, 7) is 5.75. The predicted octanol–water partition coefficient (Wildman–Crippen LogP) is 3.77. The Morgan fingerprint density at radius 3 is 2.50 bits per heavy atom. The van der Waals surface area contributed by atoms with E-state index in [0.29, 0.717) is 17.8 Å². The van der Waals surface area contributed by atoms with Gasteiger partial charge in [0.2, 0.25) is 5.91 Å². The van der Waals surface area contributed by atoms with Gasteiger partial charge in [0.05, 0.1) is 5.69 Å². The van der Waals surface area contributed by atoms with Gasteiger partial charge in [-0.1, -0.05) is 17.5 Å². The summed E-state index contributed by atoms with van der Waals surface area (Å²) in [6, 6.07) is 9.41. The zero-order valence-electron chi connectivity index (χ0n) is 16.9. The zero-order chi connectivity index (χ0) is 21.7. The van der Waals surface area contributed by atoms with Crippen LogP contribution >= 0.6 is 11.5 Å². The maximum Gasteiger partial charge on any atom is 0.280 e. The molecular weight excluding hydrogens is 405 g/mol. The van der Waals surface area contributed by atoms with E-state index < -0.39 is 29.2 Å². The molecule has 3 rings (SSSR count). The first-order valence-corrected chi connectivity index (χ1v) is 10.2. The summed E-state index contributed by atoms with van der Waals surface area (Å²) in [5, 5.41) is 8.35. The first-order valence-electron chi connectivity index (χ1n) is 9.41. The van der Waals surface area contributed by atoms with Crippen molar-refractivity contribution >= 4 is 29.0 Å². The Bertz CT molecular complexity index is 994. The van der Waals surface area contributed by atoms with Crippen molar-refractivity contribution in [3.63, 3.8) is 0 Å². The number of aromatic nitrogens is 3. The minimum atomic E-state index is -1.09. The molecule has 0 radical (unpaired) electrons. The molecule has 1 unspecified atom stereocenters. The Morgan fingerprint density at radius 2 is 1.93 bits per heavy atom. The first-order chi connectivity index (χ1) is 14.3. The molecule has 0 saturated heterocycles. The topological polar surface area (TPSA) is 88.1 Å². The Balaban J connectivity index is 2.14. The molecule has 0 fully saturated rings. The fourth-order valence-corrected chi connectivity index (χ4v) is 3.21. The molecule has 9 heteroatoms. The molecule has 3 aromatic rings. The molecule has 156 valence electrons. The van der Waals surface area contributed by atoms with Gasteiger partial charge in [0.15, 0.2) is 11.7 Å². The minimum Gasteiger partial charge on any atom is -0.349 e. The molecule has 0 aliphatic rings. The minimum absolute atomic E-state index is 0.0906. The largest absolute Gasteiger partial charge is 0.349 e. The molecule has 0 spiro atoms. The summed E-state index contributed by atoms with van der Waals surface area (Å²) < 4.78 is 17.3. The summed E-state index contributed by atoms with van der Waals surface area (Å²) in [5.41, 5.74) is 0.314. The van der Waals surface area contributed by atoms with Crippen LogP contribution in [-0.4, -0.2) is 31.9 Å². The third kappa shape index (κ3) is 4.85. The van der Waals surface area contributed by atoms with E-state index >= 15 is 0 Å². The molecule has 2 aromatic heterocycles. The van der Waals surface area contributed by atoms with Crippen LogP contribution in [0.1, 0.15) is 49.4 Å². The molecule has 0 aliphatic carbocycles. The molecule has 1 aromatic carbocycles. The van der Waals surface area contributed by atoms with Crippen LogP contribution in [0.5, 0.6) is 0 Å². The molecule has 7 nitrogen and oxygen atoms in total. The highest BCUT2D eigenvalue weighted by atomic mass is 32.1. The molecule has 1 atom stereocenters. The lowest BCUT2D eigenvalue weighted by Gasteiger charge is -2.33. The van der Waals surface area contributed by atoms with Gasteiger partial charge in [-0.15, -0.1) is 5.10 Å². The number of halogens is 1. The molecule has 0 aliphatic heterocycles. The van der Waals surface area contributed by atoms with Crippen LogP contribution in [-0.2, 0) is 4.79 Å². The molecule has 2 amide bonds. The summed E-state index contributed by atoms with van der Waals surface area (Å²) in [7, 11) is 0. The third-order valence-electron chi connectivity index (χ3n) is 4.72. The van der Waals surface area contributed by atoms with Gasteiger partial charge in [-0.25, -0.2) is 4.39 Å².